The SMILES string of the molecule is CCC1CCCN(S(=O)(=O)c2cccnc2Cl)CC1. The van der Waals surface area contributed by atoms with Gasteiger partial charge in [0.15, 0.2) is 0 Å². The molecule has 0 saturated carbocycles. The van der Waals surface area contributed by atoms with Gasteiger partial charge in [0.25, 0.3) is 0 Å². The highest BCUT2D eigenvalue weighted by Crippen LogP contribution is 2.27. The van der Waals surface area contributed by atoms with E-state index in [1.54, 1.807) is 10.4 Å². The Kier molecular flexibility index (Phi) is 4.81. The van der Waals surface area contributed by atoms with Gasteiger partial charge in [-0.2, -0.15) is 4.31 Å². The molecule has 4 nitrogen and oxygen atoms in total. The van der Waals surface area contributed by atoms with Crippen molar-refractivity contribution in [3.63, 3.8) is 0 Å². The third kappa shape index (κ3) is 3.27. The first kappa shape index (κ1) is 14.8. The molecule has 0 aromatic carbocycles. The van der Waals surface area contributed by atoms with Gasteiger partial charge in [-0.3, -0.25) is 0 Å². The lowest BCUT2D eigenvalue weighted by Crippen LogP contribution is -2.32. The molecule has 1 aliphatic heterocycles. The van der Waals surface area contributed by atoms with Crippen molar-refractivity contribution in [3.8, 4) is 0 Å². The van der Waals surface area contributed by atoms with Crippen molar-refractivity contribution in [2.45, 2.75) is 37.5 Å². The topological polar surface area (TPSA) is 50.3 Å². The standard InChI is InChI=1S/C13H19ClN2O2S/c1-2-11-5-4-9-16(10-7-11)19(17,18)12-6-3-8-15-13(12)14/h3,6,8,11H,2,4-5,7,9-10H2,1H3. The summed E-state index contributed by atoms with van der Waals surface area (Å²) in [6.45, 7) is 3.31. The molecule has 2 rings (SSSR count). The van der Waals surface area contributed by atoms with E-state index in [-0.39, 0.29) is 10.0 Å². The maximum absolute atomic E-state index is 12.6. The second-order valence-corrected chi connectivity index (χ2v) is 7.17. The molecule has 1 aliphatic rings. The number of rotatable bonds is 3. The predicted molar refractivity (Wildman–Crippen MR) is 75.6 cm³/mol. The van der Waals surface area contributed by atoms with Gasteiger partial charge in [0.2, 0.25) is 10.0 Å². The highest BCUT2D eigenvalue weighted by molar-refractivity contribution is 7.89. The molecule has 0 aliphatic carbocycles. The summed E-state index contributed by atoms with van der Waals surface area (Å²) in [5.41, 5.74) is 0. The number of nitrogens with zero attached hydrogens (tertiary/aromatic N) is 2. The van der Waals surface area contributed by atoms with Crippen LogP contribution in [0, 0.1) is 5.92 Å². The lowest BCUT2D eigenvalue weighted by Gasteiger charge is -2.20. The number of hydrogen-bond donors (Lipinski definition) is 0. The van der Waals surface area contributed by atoms with Gasteiger partial charge < -0.3 is 0 Å². The number of hydrogen-bond acceptors (Lipinski definition) is 3. The zero-order valence-corrected chi connectivity index (χ0v) is 12.6. The monoisotopic (exact) mass is 302 g/mol. The average molecular weight is 303 g/mol. The third-order valence-corrected chi connectivity index (χ3v) is 6.07. The summed E-state index contributed by atoms with van der Waals surface area (Å²) >= 11 is 5.91. The van der Waals surface area contributed by atoms with E-state index in [4.69, 9.17) is 11.6 Å². The van der Waals surface area contributed by atoms with Crippen molar-refractivity contribution < 1.29 is 8.42 Å². The number of halogens is 1. The van der Waals surface area contributed by atoms with Gasteiger partial charge in [-0.1, -0.05) is 24.9 Å². The molecular weight excluding hydrogens is 284 g/mol. The van der Waals surface area contributed by atoms with Gasteiger partial charge in [-0.05, 0) is 37.3 Å². The van der Waals surface area contributed by atoms with Gasteiger partial charge in [-0.25, -0.2) is 13.4 Å². The fourth-order valence-electron chi connectivity index (χ4n) is 2.49. The van der Waals surface area contributed by atoms with E-state index in [9.17, 15) is 8.42 Å². The molecular formula is C13H19ClN2O2S. The van der Waals surface area contributed by atoms with Crippen molar-refractivity contribution in [3.05, 3.63) is 23.5 Å². The van der Waals surface area contributed by atoms with E-state index < -0.39 is 10.0 Å². The molecule has 1 unspecified atom stereocenters. The normalized spacial score (nSPS) is 22.1. The molecule has 0 amide bonds. The summed E-state index contributed by atoms with van der Waals surface area (Å²) in [6.07, 6.45) is 5.55. The molecule has 6 heteroatoms. The Morgan fingerprint density at radius 2 is 2.21 bits per heavy atom. The van der Waals surface area contributed by atoms with E-state index >= 15 is 0 Å². The second-order valence-electron chi connectivity index (χ2n) is 4.90. The minimum absolute atomic E-state index is 0.0544. The summed E-state index contributed by atoms with van der Waals surface area (Å²) in [7, 11) is -3.51. The lowest BCUT2D eigenvalue weighted by atomic mass is 9.98. The maximum atomic E-state index is 12.6. The second kappa shape index (κ2) is 6.20. The van der Waals surface area contributed by atoms with E-state index in [0.717, 1.165) is 25.7 Å². The summed E-state index contributed by atoms with van der Waals surface area (Å²) in [5.74, 6) is 0.629. The molecule has 1 aromatic rings. The Bertz CT molecular complexity index is 533. The van der Waals surface area contributed by atoms with Crippen LogP contribution >= 0.6 is 11.6 Å². The molecule has 1 atom stereocenters. The molecule has 0 N–H and O–H groups in total. The van der Waals surface area contributed by atoms with Crippen molar-refractivity contribution >= 4 is 21.6 Å². The highest BCUT2D eigenvalue weighted by atomic mass is 35.5. The zero-order valence-electron chi connectivity index (χ0n) is 11.0. The smallest absolute Gasteiger partial charge is 0.243 e. The summed E-state index contributed by atoms with van der Waals surface area (Å²) in [6, 6.07) is 3.12. The van der Waals surface area contributed by atoms with Gasteiger partial charge in [0.05, 0.1) is 0 Å². The van der Waals surface area contributed by atoms with E-state index in [2.05, 4.69) is 11.9 Å². The van der Waals surface area contributed by atoms with Crippen LogP contribution in [-0.2, 0) is 10.0 Å². The minimum atomic E-state index is -3.51. The van der Waals surface area contributed by atoms with Gasteiger partial charge in [-0.15, -0.1) is 0 Å². The number of pyridine rings is 1. The van der Waals surface area contributed by atoms with Crippen LogP contribution in [0.15, 0.2) is 23.2 Å². The molecule has 106 valence electrons. The van der Waals surface area contributed by atoms with E-state index in [0.29, 0.717) is 19.0 Å². The van der Waals surface area contributed by atoms with Gasteiger partial charge in [0.1, 0.15) is 10.0 Å². The Labute approximate surface area is 119 Å². The summed E-state index contributed by atoms with van der Waals surface area (Å²) in [4.78, 5) is 3.97. The van der Waals surface area contributed by atoms with Crippen molar-refractivity contribution in [2.24, 2.45) is 5.92 Å². The highest BCUT2D eigenvalue weighted by Gasteiger charge is 2.29. The first-order valence-corrected chi connectivity index (χ1v) is 8.48. The van der Waals surface area contributed by atoms with Crippen LogP contribution in [0.25, 0.3) is 0 Å². The van der Waals surface area contributed by atoms with Crippen LogP contribution in [0.1, 0.15) is 32.6 Å². The molecule has 0 spiro atoms. The van der Waals surface area contributed by atoms with Crippen LogP contribution in [0.5, 0.6) is 0 Å². The van der Waals surface area contributed by atoms with Crippen molar-refractivity contribution in [2.75, 3.05) is 13.1 Å². The maximum Gasteiger partial charge on any atom is 0.246 e. The van der Waals surface area contributed by atoms with E-state index in [1.807, 2.05) is 0 Å². The van der Waals surface area contributed by atoms with Crippen molar-refractivity contribution in [1.82, 2.24) is 9.29 Å². The van der Waals surface area contributed by atoms with Crippen LogP contribution in [0.3, 0.4) is 0 Å². The number of aromatic nitrogens is 1. The fourth-order valence-corrected chi connectivity index (χ4v) is 4.41. The third-order valence-electron chi connectivity index (χ3n) is 3.73. The Hall–Kier alpha value is -0.650. The van der Waals surface area contributed by atoms with Gasteiger partial charge in [0, 0.05) is 19.3 Å². The van der Waals surface area contributed by atoms with Gasteiger partial charge >= 0.3 is 0 Å². The molecule has 1 fully saturated rings. The molecule has 0 bridgehead atoms. The molecule has 19 heavy (non-hydrogen) atoms. The largest absolute Gasteiger partial charge is 0.246 e. The lowest BCUT2D eigenvalue weighted by molar-refractivity contribution is 0.407. The van der Waals surface area contributed by atoms with Crippen molar-refractivity contribution in [1.29, 1.82) is 0 Å². The first-order valence-electron chi connectivity index (χ1n) is 6.66. The fraction of sp³-hybridized carbons (Fsp3) is 0.615. The Balaban J connectivity index is 2.23. The van der Waals surface area contributed by atoms with Crippen LogP contribution in [-0.4, -0.2) is 30.8 Å². The Morgan fingerprint density at radius 1 is 1.42 bits per heavy atom. The molecule has 2 heterocycles. The first-order chi connectivity index (χ1) is 9.05. The summed E-state index contributed by atoms with van der Waals surface area (Å²) < 4.78 is 26.7. The quantitative estimate of drug-likeness (QED) is 0.807. The van der Waals surface area contributed by atoms with Crippen LogP contribution in [0.2, 0.25) is 5.15 Å². The van der Waals surface area contributed by atoms with Crippen LogP contribution in [0.4, 0.5) is 0 Å². The van der Waals surface area contributed by atoms with Crippen LogP contribution < -0.4 is 0 Å². The Morgan fingerprint density at radius 3 is 2.89 bits per heavy atom. The molecule has 1 aromatic heterocycles. The van der Waals surface area contributed by atoms with E-state index in [1.165, 1.54) is 12.3 Å². The average Bonchev–Trinajstić information content (AvgIpc) is 2.64. The predicted octanol–water partition coefficient (Wildman–Crippen LogP) is 2.94. The molecule has 1 saturated heterocycles. The number of sulfonamides is 1. The molecule has 0 radical (unpaired) electrons. The summed E-state index contributed by atoms with van der Waals surface area (Å²) in [5, 5.41) is 0.0544. The zero-order chi connectivity index (χ0) is 13.9. The minimum Gasteiger partial charge on any atom is -0.243 e.